The molecule has 1 amide bonds. The van der Waals surface area contributed by atoms with Gasteiger partial charge >= 0.3 is 0 Å². The topological polar surface area (TPSA) is 70.8 Å². The minimum absolute atomic E-state index is 0.198. The molecular formula is C18H22N2O4S. The molecule has 0 saturated carbocycles. The van der Waals surface area contributed by atoms with Crippen LogP contribution in [-0.2, 0) is 10.0 Å². The highest BCUT2D eigenvalue weighted by atomic mass is 32.2. The van der Waals surface area contributed by atoms with E-state index in [9.17, 15) is 13.2 Å². The van der Waals surface area contributed by atoms with Gasteiger partial charge in [0.15, 0.2) is 5.76 Å². The smallest absolute Gasteiger partial charge is 0.289 e. The molecule has 0 N–H and O–H groups in total. The Morgan fingerprint density at radius 3 is 2.20 bits per heavy atom. The molecule has 2 heterocycles. The summed E-state index contributed by atoms with van der Waals surface area (Å²) in [4.78, 5) is 14.3. The van der Waals surface area contributed by atoms with E-state index in [0.717, 1.165) is 11.1 Å². The number of nitrogens with zero attached hydrogens (tertiary/aromatic N) is 2. The Labute approximate surface area is 148 Å². The van der Waals surface area contributed by atoms with E-state index < -0.39 is 10.0 Å². The number of rotatable bonds is 3. The zero-order chi connectivity index (χ0) is 18.2. The van der Waals surface area contributed by atoms with Crippen molar-refractivity contribution < 1.29 is 17.6 Å². The van der Waals surface area contributed by atoms with Gasteiger partial charge in [0.1, 0.15) is 5.76 Å². The van der Waals surface area contributed by atoms with Gasteiger partial charge in [-0.2, -0.15) is 4.31 Å². The number of sulfonamides is 1. The lowest BCUT2D eigenvalue weighted by atomic mass is 10.1. The third-order valence-electron chi connectivity index (χ3n) is 4.59. The van der Waals surface area contributed by atoms with Gasteiger partial charge in [0.05, 0.1) is 4.90 Å². The average molecular weight is 362 g/mol. The molecule has 0 bridgehead atoms. The maximum Gasteiger partial charge on any atom is 0.289 e. The lowest BCUT2D eigenvalue weighted by Gasteiger charge is -2.33. The molecule has 1 aromatic heterocycles. The summed E-state index contributed by atoms with van der Waals surface area (Å²) >= 11 is 0. The Bertz CT molecular complexity index is 894. The van der Waals surface area contributed by atoms with Crippen molar-refractivity contribution in [3.8, 4) is 0 Å². The summed E-state index contributed by atoms with van der Waals surface area (Å²) < 4.78 is 32.4. The van der Waals surface area contributed by atoms with E-state index in [4.69, 9.17) is 4.42 Å². The summed E-state index contributed by atoms with van der Waals surface area (Å²) in [7, 11) is -3.54. The van der Waals surface area contributed by atoms with Crippen molar-refractivity contribution in [1.82, 2.24) is 9.21 Å². The maximum absolute atomic E-state index is 12.8. The lowest BCUT2D eigenvalue weighted by Crippen LogP contribution is -2.50. The van der Waals surface area contributed by atoms with Crippen LogP contribution in [0.3, 0.4) is 0 Å². The molecule has 0 radical (unpaired) electrons. The molecule has 1 fully saturated rings. The van der Waals surface area contributed by atoms with Gasteiger partial charge in [0.25, 0.3) is 5.91 Å². The standard InChI is InChI=1S/C18H22N2O4S/c1-13-4-6-16(12-14(13)2)25(22,23)20-10-8-19(9-11-20)18(21)17-7-5-15(3)24-17/h4-7,12H,8-11H2,1-3H3. The number of aryl methyl sites for hydroxylation is 3. The third kappa shape index (κ3) is 3.48. The Hall–Kier alpha value is -2.12. The van der Waals surface area contributed by atoms with Gasteiger partial charge in [0, 0.05) is 26.2 Å². The third-order valence-corrected chi connectivity index (χ3v) is 6.49. The summed E-state index contributed by atoms with van der Waals surface area (Å²) in [6.45, 7) is 6.89. The van der Waals surface area contributed by atoms with Crippen LogP contribution in [0.5, 0.6) is 0 Å². The zero-order valence-electron chi connectivity index (χ0n) is 14.7. The molecule has 134 valence electrons. The van der Waals surface area contributed by atoms with E-state index in [0.29, 0.717) is 29.5 Å². The van der Waals surface area contributed by atoms with E-state index in [1.165, 1.54) is 4.31 Å². The normalized spacial score (nSPS) is 16.2. The van der Waals surface area contributed by atoms with Crippen molar-refractivity contribution in [2.45, 2.75) is 25.7 Å². The molecule has 0 aliphatic carbocycles. The van der Waals surface area contributed by atoms with Gasteiger partial charge in [-0.3, -0.25) is 4.79 Å². The number of piperazine rings is 1. The summed E-state index contributed by atoms with van der Waals surface area (Å²) in [6.07, 6.45) is 0. The second-order valence-electron chi connectivity index (χ2n) is 6.35. The second-order valence-corrected chi connectivity index (χ2v) is 8.29. The minimum atomic E-state index is -3.54. The molecule has 1 saturated heterocycles. The van der Waals surface area contributed by atoms with Crippen LogP contribution in [-0.4, -0.2) is 49.7 Å². The monoisotopic (exact) mass is 362 g/mol. The maximum atomic E-state index is 12.8. The van der Waals surface area contributed by atoms with Gasteiger partial charge in [-0.15, -0.1) is 0 Å². The quantitative estimate of drug-likeness (QED) is 0.840. The molecule has 2 aromatic rings. The van der Waals surface area contributed by atoms with Crippen molar-refractivity contribution >= 4 is 15.9 Å². The first-order valence-electron chi connectivity index (χ1n) is 8.22. The molecule has 0 unspecified atom stereocenters. The largest absolute Gasteiger partial charge is 0.456 e. The molecule has 3 rings (SSSR count). The first kappa shape index (κ1) is 17.7. The second kappa shape index (κ2) is 6.65. The molecule has 1 aliphatic heterocycles. The minimum Gasteiger partial charge on any atom is -0.456 e. The fourth-order valence-electron chi connectivity index (χ4n) is 2.86. The van der Waals surface area contributed by atoms with E-state index in [1.54, 1.807) is 36.1 Å². The Kier molecular flexibility index (Phi) is 4.71. The van der Waals surface area contributed by atoms with Crippen molar-refractivity contribution in [2.75, 3.05) is 26.2 Å². The number of amides is 1. The van der Waals surface area contributed by atoms with Crippen LogP contribution in [0.25, 0.3) is 0 Å². The average Bonchev–Trinajstić information content (AvgIpc) is 3.03. The van der Waals surface area contributed by atoms with Gasteiger partial charge in [0.2, 0.25) is 10.0 Å². The van der Waals surface area contributed by atoms with Crippen LogP contribution in [0.2, 0.25) is 0 Å². The van der Waals surface area contributed by atoms with Crippen molar-refractivity contribution in [1.29, 1.82) is 0 Å². The van der Waals surface area contributed by atoms with Crippen LogP contribution in [0.15, 0.2) is 39.6 Å². The first-order valence-corrected chi connectivity index (χ1v) is 9.66. The van der Waals surface area contributed by atoms with Gasteiger partial charge in [-0.05, 0) is 56.2 Å². The van der Waals surface area contributed by atoms with Crippen LogP contribution >= 0.6 is 0 Å². The fraction of sp³-hybridized carbons (Fsp3) is 0.389. The van der Waals surface area contributed by atoms with Crippen molar-refractivity contribution in [3.63, 3.8) is 0 Å². The van der Waals surface area contributed by atoms with Gasteiger partial charge < -0.3 is 9.32 Å². The number of benzene rings is 1. The first-order chi connectivity index (χ1) is 11.8. The van der Waals surface area contributed by atoms with E-state index in [-0.39, 0.29) is 19.0 Å². The van der Waals surface area contributed by atoms with E-state index in [2.05, 4.69) is 0 Å². The number of carbonyl (C=O) groups excluding carboxylic acids is 1. The number of hydrogen-bond acceptors (Lipinski definition) is 4. The van der Waals surface area contributed by atoms with Crippen LogP contribution < -0.4 is 0 Å². The molecule has 0 spiro atoms. The highest BCUT2D eigenvalue weighted by Crippen LogP contribution is 2.21. The molecule has 1 aliphatic rings. The SMILES string of the molecule is Cc1ccc(C(=O)N2CCN(S(=O)(=O)c3ccc(C)c(C)c3)CC2)o1. The predicted molar refractivity (Wildman–Crippen MR) is 94.0 cm³/mol. The Morgan fingerprint density at radius 2 is 1.64 bits per heavy atom. The molecule has 6 nitrogen and oxygen atoms in total. The zero-order valence-corrected chi connectivity index (χ0v) is 15.5. The van der Waals surface area contributed by atoms with Crippen LogP contribution in [0, 0.1) is 20.8 Å². The Morgan fingerprint density at radius 1 is 0.960 bits per heavy atom. The summed E-state index contributed by atoms with van der Waals surface area (Å²) in [5.74, 6) is 0.776. The van der Waals surface area contributed by atoms with Gasteiger partial charge in [-0.1, -0.05) is 6.07 Å². The molecule has 0 atom stereocenters. The molecular weight excluding hydrogens is 340 g/mol. The van der Waals surface area contributed by atoms with Gasteiger partial charge in [-0.25, -0.2) is 8.42 Å². The van der Waals surface area contributed by atoms with E-state index in [1.807, 2.05) is 19.9 Å². The summed E-state index contributed by atoms with van der Waals surface area (Å²) in [6, 6.07) is 8.55. The molecule has 7 heteroatoms. The number of hydrogen-bond donors (Lipinski definition) is 0. The fourth-order valence-corrected chi connectivity index (χ4v) is 4.37. The van der Waals surface area contributed by atoms with Crippen LogP contribution in [0.4, 0.5) is 0 Å². The Balaban J connectivity index is 1.71. The van der Waals surface area contributed by atoms with E-state index >= 15 is 0 Å². The summed E-state index contributed by atoms with van der Waals surface area (Å²) in [5, 5.41) is 0. The van der Waals surface area contributed by atoms with Crippen LogP contribution in [0.1, 0.15) is 27.4 Å². The molecule has 25 heavy (non-hydrogen) atoms. The van der Waals surface area contributed by atoms with Crippen molar-refractivity contribution in [3.05, 3.63) is 53.0 Å². The summed E-state index contributed by atoms with van der Waals surface area (Å²) in [5.41, 5.74) is 2.01. The highest BCUT2D eigenvalue weighted by Gasteiger charge is 2.31. The number of carbonyl (C=O) groups is 1. The molecule has 1 aromatic carbocycles. The predicted octanol–water partition coefficient (Wildman–Crippen LogP) is 2.35. The highest BCUT2D eigenvalue weighted by molar-refractivity contribution is 7.89. The van der Waals surface area contributed by atoms with Crippen molar-refractivity contribution in [2.24, 2.45) is 0 Å². The lowest BCUT2D eigenvalue weighted by molar-refractivity contribution is 0.0664. The number of furan rings is 1.